The molecule has 0 unspecified atom stereocenters. The second kappa shape index (κ2) is 8.82. The summed E-state index contributed by atoms with van der Waals surface area (Å²) in [7, 11) is 1.32. The van der Waals surface area contributed by atoms with E-state index in [1.54, 1.807) is 24.3 Å². The van der Waals surface area contributed by atoms with Gasteiger partial charge in [-0.25, -0.2) is 9.59 Å². The highest BCUT2D eigenvalue weighted by atomic mass is 16.5. The van der Waals surface area contributed by atoms with Crippen LogP contribution in [0.4, 0.5) is 0 Å². The van der Waals surface area contributed by atoms with Gasteiger partial charge < -0.3 is 14.0 Å². The number of esters is 2. The molecule has 1 heterocycles. The number of aromatic nitrogens is 1. The summed E-state index contributed by atoms with van der Waals surface area (Å²) in [6.07, 6.45) is 1.67. The Bertz CT molecular complexity index is 1140. The number of carbonyl (C=O) groups excluding carboxylic acids is 2. The van der Waals surface area contributed by atoms with Crippen molar-refractivity contribution in [1.29, 1.82) is 0 Å². The number of benzene rings is 3. The summed E-state index contributed by atoms with van der Waals surface area (Å²) in [5, 5.41) is 2.52. The fourth-order valence-corrected chi connectivity index (χ4v) is 3.72. The molecule has 0 aliphatic heterocycles. The van der Waals surface area contributed by atoms with Gasteiger partial charge in [0.1, 0.15) is 0 Å². The molecule has 0 aliphatic carbocycles. The van der Waals surface area contributed by atoms with E-state index in [4.69, 9.17) is 4.74 Å². The van der Waals surface area contributed by atoms with Crippen LogP contribution in [0.2, 0.25) is 0 Å². The predicted octanol–water partition coefficient (Wildman–Crippen LogP) is 5.22. The van der Waals surface area contributed by atoms with Crippen LogP contribution in [0.25, 0.3) is 21.8 Å². The molecule has 0 saturated heterocycles. The zero-order valence-electron chi connectivity index (χ0n) is 16.8. The standard InChI is InChI=1S/C25H23NO4/c1-29-24(27)18-12-14-19(15-13-18)25(28)30-17-7-6-16-26-22-10-4-2-8-20(22)21-9-3-5-11-23(21)26/h2-5,8-15H,6-7,16-17H2,1H3. The first-order valence-electron chi connectivity index (χ1n) is 10.0. The molecule has 0 N–H and O–H groups in total. The van der Waals surface area contributed by atoms with Gasteiger partial charge in [0.2, 0.25) is 0 Å². The minimum atomic E-state index is -0.431. The fraction of sp³-hybridized carbons (Fsp3) is 0.200. The maximum absolute atomic E-state index is 12.2. The number of nitrogens with zero attached hydrogens (tertiary/aromatic N) is 1. The Kier molecular flexibility index (Phi) is 5.80. The molecule has 4 aromatic rings. The van der Waals surface area contributed by atoms with Crippen LogP contribution in [-0.2, 0) is 16.0 Å². The summed E-state index contributed by atoms with van der Waals surface area (Å²) in [6.45, 7) is 1.22. The third kappa shape index (κ3) is 3.92. The smallest absolute Gasteiger partial charge is 0.338 e. The van der Waals surface area contributed by atoms with E-state index in [0.29, 0.717) is 17.7 Å². The lowest BCUT2D eigenvalue weighted by molar-refractivity contribution is 0.0495. The number of hydrogen-bond donors (Lipinski definition) is 0. The Morgan fingerprint density at radius 3 is 1.83 bits per heavy atom. The first-order valence-corrected chi connectivity index (χ1v) is 10.0. The summed E-state index contributed by atoms with van der Waals surface area (Å²) in [4.78, 5) is 23.7. The number of ether oxygens (including phenoxy) is 2. The second-order valence-corrected chi connectivity index (χ2v) is 7.10. The highest BCUT2D eigenvalue weighted by Crippen LogP contribution is 2.28. The zero-order valence-corrected chi connectivity index (χ0v) is 16.8. The molecule has 0 fully saturated rings. The Labute approximate surface area is 174 Å². The van der Waals surface area contributed by atoms with Crippen molar-refractivity contribution in [2.24, 2.45) is 0 Å². The topological polar surface area (TPSA) is 57.5 Å². The number of unbranched alkanes of at least 4 members (excludes halogenated alkanes) is 1. The molecule has 1 aromatic heterocycles. The summed E-state index contributed by atoms with van der Waals surface area (Å²) in [5.74, 6) is -0.816. The predicted molar refractivity (Wildman–Crippen MR) is 117 cm³/mol. The van der Waals surface area contributed by atoms with Gasteiger partial charge in [-0.3, -0.25) is 0 Å². The van der Waals surface area contributed by atoms with E-state index in [1.165, 1.54) is 28.9 Å². The number of fused-ring (bicyclic) bond motifs is 3. The monoisotopic (exact) mass is 401 g/mol. The van der Waals surface area contributed by atoms with Crippen LogP contribution in [0.15, 0.2) is 72.8 Å². The molecule has 0 radical (unpaired) electrons. The highest BCUT2D eigenvalue weighted by molar-refractivity contribution is 6.07. The van der Waals surface area contributed by atoms with Gasteiger partial charge >= 0.3 is 11.9 Å². The van der Waals surface area contributed by atoms with Crippen molar-refractivity contribution in [3.05, 3.63) is 83.9 Å². The number of carbonyl (C=O) groups is 2. The van der Waals surface area contributed by atoms with Crippen LogP contribution in [0, 0.1) is 0 Å². The molecule has 0 spiro atoms. The van der Waals surface area contributed by atoms with E-state index >= 15 is 0 Å². The third-order valence-corrected chi connectivity index (χ3v) is 5.23. The molecule has 152 valence electrons. The molecule has 30 heavy (non-hydrogen) atoms. The Hall–Kier alpha value is -3.60. The van der Waals surface area contributed by atoms with Gasteiger partial charge in [0.05, 0.1) is 24.8 Å². The van der Waals surface area contributed by atoms with Gasteiger partial charge in [0, 0.05) is 28.4 Å². The van der Waals surface area contributed by atoms with E-state index in [9.17, 15) is 9.59 Å². The Morgan fingerprint density at radius 1 is 0.733 bits per heavy atom. The molecule has 0 amide bonds. The zero-order chi connectivity index (χ0) is 20.9. The number of para-hydroxylation sites is 2. The molecule has 3 aromatic carbocycles. The van der Waals surface area contributed by atoms with E-state index in [1.807, 2.05) is 0 Å². The molecule has 0 atom stereocenters. The average molecular weight is 401 g/mol. The molecular weight excluding hydrogens is 378 g/mol. The molecule has 4 rings (SSSR count). The minimum Gasteiger partial charge on any atom is -0.465 e. The van der Waals surface area contributed by atoms with Crippen LogP contribution in [-0.4, -0.2) is 30.2 Å². The molecular formula is C25H23NO4. The van der Waals surface area contributed by atoms with Crippen molar-refractivity contribution >= 4 is 33.7 Å². The van der Waals surface area contributed by atoms with Crippen molar-refractivity contribution in [3.8, 4) is 0 Å². The largest absolute Gasteiger partial charge is 0.465 e. The second-order valence-electron chi connectivity index (χ2n) is 7.10. The molecule has 5 heteroatoms. The van der Waals surface area contributed by atoms with Gasteiger partial charge in [-0.05, 0) is 49.2 Å². The van der Waals surface area contributed by atoms with Crippen LogP contribution >= 0.6 is 0 Å². The highest BCUT2D eigenvalue weighted by Gasteiger charge is 2.11. The molecule has 0 aliphatic rings. The van der Waals surface area contributed by atoms with E-state index in [0.717, 1.165) is 19.4 Å². The third-order valence-electron chi connectivity index (χ3n) is 5.23. The van der Waals surface area contributed by atoms with Crippen molar-refractivity contribution in [2.75, 3.05) is 13.7 Å². The Balaban J connectivity index is 1.33. The van der Waals surface area contributed by atoms with E-state index in [-0.39, 0.29) is 5.97 Å². The lowest BCUT2D eigenvalue weighted by Gasteiger charge is -2.08. The van der Waals surface area contributed by atoms with Gasteiger partial charge in [0.15, 0.2) is 0 Å². The van der Waals surface area contributed by atoms with Crippen molar-refractivity contribution in [3.63, 3.8) is 0 Å². The van der Waals surface area contributed by atoms with Gasteiger partial charge in [-0.1, -0.05) is 36.4 Å². The minimum absolute atomic E-state index is 0.356. The number of methoxy groups -OCH3 is 1. The van der Waals surface area contributed by atoms with Crippen molar-refractivity contribution in [1.82, 2.24) is 4.57 Å². The molecule has 0 bridgehead atoms. The first kappa shape index (κ1) is 19.7. The average Bonchev–Trinajstić information content (AvgIpc) is 3.12. The summed E-state index contributed by atoms with van der Waals surface area (Å²) in [6, 6.07) is 23.1. The van der Waals surface area contributed by atoms with Gasteiger partial charge in [0.25, 0.3) is 0 Å². The summed E-state index contributed by atoms with van der Waals surface area (Å²) < 4.78 is 12.4. The van der Waals surface area contributed by atoms with Gasteiger partial charge in [-0.15, -0.1) is 0 Å². The lowest BCUT2D eigenvalue weighted by atomic mass is 10.1. The lowest BCUT2D eigenvalue weighted by Crippen LogP contribution is -2.08. The SMILES string of the molecule is COC(=O)c1ccc(C(=O)OCCCCn2c3ccccc3c3ccccc32)cc1. The maximum atomic E-state index is 12.2. The normalized spacial score (nSPS) is 11.0. The van der Waals surface area contributed by atoms with E-state index in [2.05, 4.69) is 57.8 Å². The molecule has 0 saturated carbocycles. The number of rotatable bonds is 7. The first-order chi connectivity index (χ1) is 14.7. The quantitative estimate of drug-likeness (QED) is 0.315. The van der Waals surface area contributed by atoms with Crippen molar-refractivity contribution in [2.45, 2.75) is 19.4 Å². The van der Waals surface area contributed by atoms with Crippen LogP contribution in [0.1, 0.15) is 33.6 Å². The van der Waals surface area contributed by atoms with Crippen molar-refractivity contribution < 1.29 is 19.1 Å². The fourth-order valence-electron chi connectivity index (χ4n) is 3.72. The van der Waals surface area contributed by atoms with E-state index < -0.39 is 5.97 Å². The summed E-state index contributed by atoms with van der Waals surface area (Å²) >= 11 is 0. The Morgan fingerprint density at radius 2 is 1.27 bits per heavy atom. The van der Waals surface area contributed by atoms with Crippen LogP contribution in [0.5, 0.6) is 0 Å². The maximum Gasteiger partial charge on any atom is 0.338 e. The van der Waals surface area contributed by atoms with Gasteiger partial charge in [-0.2, -0.15) is 0 Å². The number of hydrogen-bond acceptors (Lipinski definition) is 4. The molecule has 5 nitrogen and oxygen atoms in total. The van der Waals surface area contributed by atoms with Crippen LogP contribution < -0.4 is 0 Å². The number of aryl methyl sites for hydroxylation is 1. The van der Waals surface area contributed by atoms with Crippen LogP contribution in [0.3, 0.4) is 0 Å². The summed E-state index contributed by atoms with van der Waals surface area (Å²) in [5.41, 5.74) is 3.27.